The van der Waals surface area contributed by atoms with Crippen molar-refractivity contribution < 1.29 is 19.1 Å². The summed E-state index contributed by atoms with van der Waals surface area (Å²) < 4.78 is 5.66. The molecule has 0 bridgehead atoms. The normalized spacial score (nSPS) is 21.9. The molecule has 1 fully saturated rings. The van der Waals surface area contributed by atoms with Crippen molar-refractivity contribution in [2.24, 2.45) is 0 Å². The van der Waals surface area contributed by atoms with E-state index in [1.807, 2.05) is 25.1 Å². The lowest BCUT2D eigenvalue weighted by Gasteiger charge is -2.30. The number of nitrogens with zero attached hydrogens (tertiary/aromatic N) is 1. The Kier molecular flexibility index (Phi) is 3.01. The van der Waals surface area contributed by atoms with E-state index >= 15 is 0 Å². The molecule has 0 spiro atoms. The topological polar surface area (TPSA) is 70.8 Å². The van der Waals surface area contributed by atoms with Crippen LogP contribution in [0.3, 0.4) is 0 Å². The average molecular weight is 287 g/mol. The van der Waals surface area contributed by atoms with Crippen molar-refractivity contribution in [1.29, 1.82) is 0 Å². The minimum Gasteiger partial charge on any atom is -0.480 e. The SMILES string of the molecule is Cc1cccc2cc(C(=O)N3CCCC3(C)C(=O)O)oc12. The highest BCUT2D eigenvalue weighted by Gasteiger charge is 2.46. The lowest BCUT2D eigenvalue weighted by Crippen LogP contribution is -2.50. The lowest BCUT2D eigenvalue weighted by atomic mass is 9.99. The number of furan rings is 1. The fourth-order valence-corrected chi connectivity index (χ4v) is 2.96. The summed E-state index contributed by atoms with van der Waals surface area (Å²) in [6.07, 6.45) is 1.15. The number of benzene rings is 1. The van der Waals surface area contributed by atoms with Gasteiger partial charge in [0.05, 0.1) is 0 Å². The second kappa shape index (κ2) is 4.62. The Hall–Kier alpha value is -2.30. The van der Waals surface area contributed by atoms with Crippen LogP contribution in [0.1, 0.15) is 35.9 Å². The number of carboxylic acids is 1. The molecule has 0 saturated carbocycles. The van der Waals surface area contributed by atoms with Gasteiger partial charge in [-0.1, -0.05) is 18.2 Å². The number of likely N-dealkylation sites (tertiary alicyclic amines) is 1. The fraction of sp³-hybridized carbons (Fsp3) is 0.375. The summed E-state index contributed by atoms with van der Waals surface area (Å²) in [5.74, 6) is -1.12. The zero-order chi connectivity index (χ0) is 15.2. The number of carbonyl (C=O) groups is 2. The number of aliphatic carboxylic acids is 1. The van der Waals surface area contributed by atoms with E-state index in [1.54, 1.807) is 13.0 Å². The molecule has 2 heterocycles. The van der Waals surface area contributed by atoms with Gasteiger partial charge in [0.2, 0.25) is 0 Å². The minimum absolute atomic E-state index is 0.202. The van der Waals surface area contributed by atoms with E-state index in [9.17, 15) is 14.7 Å². The minimum atomic E-state index is -1.15. The Balaban J connectivity index is 2.01. The molecule has 1 saturated heterocycles. The summed E-state index contributed by atoms with van der Waals surface area (Å²) in [6.45, 7) is 3.95. The van der Waals surface area contributed by atoms with Gasteiger partial charge in [-0.2, -0.15) is 0 Å². The molecule has 110 valence electrons. The molecule has 1 aromatic heterocycles. The maximum Gasteiger partial charge on any atom is 0.329 e. The number of hydrogen-bond donors (Lipinski definition) is 1. The summed E-state index contributed by atoms with van der Waals surface area (Å²) in [6, 6.07) is 7.38. The van der Waals surface area contributed by atoms with Crippen LogP contribution in [0, 0.1) is 6.92 Å². The molecule has 1 atom stereocenters. The Morgan fingerprint density at radius 3 is 2.81 bits per heavy atom. The highest BCUT2D eigenvalue weighted by atomic mass is 16.4. The molecule has 0 aliphatic carbocycles. The van der Waals surface area contributed by atoms with Crippen LogP contribution in [0.15, 0.2) is 28.7 Å². The number of fused-ring (bicyclic) bond motifs is 1. The number of aryl methyl sites for hydroxylation is 1. The molecule has 21 heavy (non-hydrogen) atoms. The third-order valence-electron chi connectivity index (χ3n) is 4.30. The number of amides is 1. The van der Waals surface area contributed by atoms with Gasteiger partial charge in [0.25, 0.3) is 5.91 Å². The molecule has 5 heteroatoms. The van der Waals surface area contributed by atoms with Gasteiger partial charge >= 0.3 is 5.97 Å². The number of hydrogen-bond acceptors (Lipinski definition) is 3. The van der Waals surface area contributed by atoms with Gasteiger partial charge in [0.15, 0.2) is 5.76 Å². The molecule has 1 unspecified atom stereocenters. The van der Waals surface area contributed by atoms with Crippen molar-refractivity contribution >= 4 is 22.8 Å². The predicted octanol–water partition coefficient (Wildman–Crippen LogP) is 2.82. The fourth-order valence-electron chi connectivity index (χ4n) is 2.96. The van der Waals surface area contributed by atoms with Crippen LogP contribution in [0.5, 0.6) is 0 Å². The molecule has 1 aromatic carbocycles. The molecule has 1 N–H and O–H groups in total. The van der Waals surface area contributed by atoms with Crippen LogP contribution in [-0.2, 0) is 4.79 Å². The lowest BCUT2D eigenvalue weighted by molar-refractivity contribution is -0.147. The largest absolute Gasteiger partial charge is 0.480 e. The first-order valence-corrected chi connectivity index (χ1v) is 6.98. The molecule has 1 aliphatic rings. The molecule has 5 nitrogen and oxygen atoms in total. The summed E-state index contributed by atoms with van der Waals surface area (Å²) >= 11 is 0. The van der Waals surface area contributed by atoms with Gasteiger partial charge in [-0.15, -0.1) is 0 Å². The van der Waals surface area contributed by atoms with Crippen molar-refractivity contribution in [3.8, 4) is 0 Å². The van der Waals surface area contributed by atoms with E-state index in [-0.39, 0.29) is 11.7 Å². The summed E-state index contributed by atoms with van der Waals surface area (Å²) in [7, 11) is 0. The van der Waals surface area contributed by atoms with Gasteiger partial charge < -0.3 is 14.4 Å². The quantitative estimate of drug-likeness (QED) is 0.922. The van der Waals surface area contributed by atoms with E-state index < -0.39 is 11.5 Å². The molecule has 1 amide bonds. The summed E-state index contributed by atoms with van der Waals surface area (Å²) in [4.78, 5) is 25.5. The Morgan fingerprint density at radius 2 is 2.14 bits per heavy atom. The monoisotopic (exact) mass is 287 g/mol. The second-order valence-electron chi connectivity index (χ2n) is 5.74. The highest BCUT2D eigenvalue weighted by molar-refractivity contribution is 5.99. The van der Waals surface area contributed by atoms with Crippen molar-refractivity contribution in [2.45, 2.75) is 32.2 Å². The standard InChI is InChI=1S/C16H17NO4/c1-10-5-3-6-11-9-12(21-13(10)11)14(18)17-8-4-7-16(17,2)15(19)20/h3,5-6,9H,4,7-8H2,1-2H3,(H,19,20). The van der Waals surface area contributed by atoms with Crippen molar-refractivity contribution in [3.63, 3.8) is 0 Å². The van der Waals surface area contributed by atoms with Crippen molar-refractivity contribution in [3.05, 3.63) is 35.6 Å². The van der Waals surface area contributed by atoms with Crippen molar-refractivity contribution in [2.75, 3.05) is 6.54 Å². The average Bonchev–Trinajstić information content (AvgIpc) is 3.03. The van der Waals surface area contributed by atoms with E-state index in [0.29, 0.717) is 25.0 Å². The van der Waals surface area contributed by atoms with Crippen LogP contribution in [-0.4, -0.2) is 34.0 Å². The van der Waals surface area contributed by atoms with Gasteiger partial charge in [-0.05, 0) is 38.3 Å². The highest BCUT2D eigenvalue weighted by Crippen LogP contribution is 2.32. The smallest absolute Gasteiger partial charge is 0.329 e. The van der Waals surface area contributed by atoms with E-state index in [1.165, 1.54) is 4.90 Å². The van der Waals surface area contributed by atoms with E-state index in [2.05, 4.69) is 0 Å². The number of rotatable bonds is 2. The predicted molar refractivity (Wildman–Crippen MR) is 77.3 cm³/mol. The van der Waals surface area contributed by atoms with E-state index in [0.717, 1.165) is 10.9 Å². The molecule has 0 radical (unpaired) electrons. The summed E-state index contributed by atoms with van der Waals surface area (Å²) in [5, 5.41) is 10.3. The summed E-state index contributed by atoms with van der Waals surface area (Å²) in [5.41, 5.74) is 0.483. The molecule has 2 aromatic rings. The van der Waals surface area contributed by atoms with Crippen LogP contribution >= 0.6 is 0 Å². The van der Waals surface area contributed by atoms with Gasteiger partial charge in [0, 0.05) is 11.9 Å². The molecular weight excluding hydrogens is 270 g/mol. The Morgan fingerprint density at radius 1 is 1.38 bits per heavy atom. The van der Waals surface area contributed by atoms with Crippen LogP contribution in [0.25, 0.3) is 11.0 Å². The van der Waals surface area contributed by atoms with Crippen molar-refractivity contribution in [1.82, 2.24) is 4.90 Å². The molecular formula is C16H17NO4. The third kappa shape index (κ3) is 2.00. The number of para-hydroxylation sites is 1. The first kappa shape index (κ1) is 13.7. The molecule has 3 rings (SSSR count). The Bertz CT molecular complexity index is 733. The van der Waals surface area contributed by atoms with Gasteiger partial charge in [0.1, 0.15) is 11.1 Å². The van der Waals surface area contributed by atoms with E-state index in [4.69, 9.17) is 4.42 Å². The molecule has 1 aliphatic heterocycles. The first-order chi connectivity index (χ1) is 9.93. The number of carbonyl (C=O) groups excluding carboxylic acids is 1. The maximum absolute atomic E-state index is 12.6. The zero-order valence-corrected chi connectivity index (χ0v) is 12.0. The number of carboxylic acid groups (broad SMARTS) is 1. The second-order valence-corrected chi connectivity index (χ2v) is 5.74. The zero-order valence-electron chi connectivity index (χ0n) is 12.0. The van der Waals surface area contributed by atoms with Gasteiger partial charge in [-0.25, -0.2) is 4.79 Å². The van der Waals surface area contributed by atoms with Gasteiger partial charge in [-0.3, -0.25) is 4.79 Å². The van der Waals surface area contributed by atoms with Crippen LogP contribution in [0.2, 0.25) is 0 Å². The maximum atomic E-state index is 12.6. The van der Waals surface area contributed by atoms with Crippen LogP contribution in [0.4, 0.5) is 0 Å². The van der Waals surface area contributed by atoms with Crippen LogP contribution < -0.4 is 0 Å². The third-order valence-corrected chi connectivity index (χ3v) is 4.30. The Labute approximate surface area is 122 Å². The first-order valence-electron chi connectivity index (χ1n) is 6.98.